The number of methoxy groups -OCH3 is 1. The molecule has 0 aliphatic carbocycles. The molecule has 0 saturated carbocycles. The van der Waals surface area contributed by atoms with E-state index in [4.69, 9.17) is 9.57 Å². The molecule has 0 bridgehead atoms. The lowest BCUT2D eigenvalue weighted by Crippen LogP contribution is -2.43. The van der Waals surface area contributed by atoms with Crippen molar-refractivity contribution in [1.29, 1.82) is 0 Å². The molecule has 1 aromatic rings. The minimum atomic E-state index is -0.570. The van der Waals surface area contributed by atoms with Crippen LogP contribution in [0, 0.1) is 0 Å². The van der Waals surface area contributed by atoms with E-state index >= 15 is 0 Å². The molecule has 0 fully saturated rings. The number of hydrogen-bond acceptors (Lipinski definition) is 3. The van der Waals surface area contributed by atoms with Gasteiger partial charge < -0.3 is 4.74 Å². The summed E-state index contributed by atoms with van der Waals surface area (Å²) in [5, 5.41) is 1.31. The molecule has 0 aliphatic heterocycles. The molecule has 0 saturated heterocycles. The van der Waals surface area contributed by atoms with Gasteiger partial charge in [-0.3, -0.25) is 9.63 Å². The van der Waals surface area contributed by atoms with E-state index in [2.05, 4.69) is 0 Å². The van der Waals surface area contributed by atoms with Gasteiger partial charge in [-0.1, -0.05) is 30.3 Å². The van der Waals surface area contributed by atoms with E-state index in [0.29, 0.717) is 0 Å². The van der Waals surface area contributed by atoms with Crippen molar-refractivity contribution in [2.24, 2.45) is 0 Å². The Morgan fingerprint density at radius 3 is 2.40 bits per heavy atom. The second kappa shape index (κ2) is 8.02. The van der Waals surface area contributed by atoms with E-state index in [0.717, 1.165) is 31.4 Å². The maximum absolute atomic E-state index is 12.6. The van der Waals surface area contributed by atoms with Gasteiger partial charge >= 0.3 is 0 Å². The van der Waals surface area contributed by atoms with Crippen molar-refractivity contribution in [3.8, 4) is 0 Å². The average Bonchev–Trinajstić information content (AvgIpc) is 2.50. The predicted octanol–water partition coefficient (Wildman–Crippen LogP) is 2.78. The van der Waals surface area contributed by atoms with E-state index in [1.165, 1.54) is 12.2 Å². The average molecular weight is 279 g/mol. The Kier molecular flexibility index (Phi) is 6.68. The third kappa shape index (κ3) is 4.05. The Morgan fingerprint density at radius 2 is 1.85 bits per heavy atom. The molecular formula is C16H25NO3. The lowest BCUT2D eigenvalue weighted by atomic mass is 9.77. The van der Waals surface area contributed by atoms with Crippen LogP contribution < -0.4 is 0 Å². The Balaban J connectivity index is 2.91. The minimum absolute atomic E-state index is 0.0244. The van der Waals surface area contributed by atoms with Crippen LogP contribution in [-0.2, 0) is 19.8 Å². The standard InChI is InChI=1S/C16H25NO3/c1-16(12-8-9-13-19-3,15(18)17(2)20-4)14-10-6-5-7-11-14/h5-7,10-11H,8-9,12-13H2,1-4H3. The summed E-state index contributed by atoms with van der Waals surface area (Å²) in [6.07, 6.45) is 2.65. The maximum atomic E-state index is 12.6. The molecule has 1 amide bonds. The smallest absolute Gasteiger partial charge is 0.256 e. The largest absolute Gasteiger partial charge is 0.385 e. The summed E-state index contributed by atoms with van der Waals surface area (Å²) in [7, 11) is 4.85. The summed E-state index contributed by atoms with van der Waals surface area (Å²) < 4.78 is 5.07. The van der Waals surface area contributed by atoms with E-state index in [-0.39, 0.29) is 5.91 Å². The number of benzene rings is 1. The summed E-state index contributed by atoms with van der Waals surface area (Å²) in [5.74, 6) is -0.0244. The summed E-state index contributed by atoms with van der Waals surface area (Å²) in [6.45, 7) is 2.70. The zero-order valence-electron chi connectivity index (χ0n) is 12.9. The second-order valence-electron chi connectivity index (χ2n) is 5.13. The number of amides is 1. The minimum Gasteiger partial charge on any atom is -0.385 e. The molecule has 0 heterocycles. The topological polar surface area (TPSA) is 38.8 Å². The van der Waals surface area contributed by atoms with Crippen molar-refractivity contribution < 1.29 is 14.4 Å². The maximum Gasteiger partial charge on any atom is 0.256 e. The molecule has 1 rings (SSSR count). The van der Waals surface area contributed by atoms with Gasteiger partial charge in [0.2, 0.25) is 0 Å². The number of carbonyl (C=O) groups is 1. The lowest BCUT2D eigenvalue weighted by molar-refractivity contribution is -0.175. The Bertz CT molecular complexity index is 407. The van der Waals surface area contributed by atoms with Crippen molar-refractivity contribution in [2.75, 3.05) is 27.9 Å². The number of nitrogens with zero attached hydrogens (tertiary/aromatic N) is 1. The van der Waals surface area contributed by atoms with Crippen LogP contribution in [-0.4, -0.2) is 38.8 Å². The van der Waals surface area contributed by atoms with Gasteiger partial charge in [-0.2, -0.15) is 0 Å². The Labute approximate surface area is 121 Å². The van der Waals surface area contributed by atoms with E-state index in [9.17, 15) is 4.79 Å². The Morgan fingerprint density at radius 1 is 1.20 bits per heavy atom. The lowest BCUT2D eigenvalue weighted by Gasteiger charge is -2.32. The molecule has 0 aliphatic rings. The number of carbonyl (C=O) groups excluding carboxylic acids is 1. The normalized spacial score (nSPS) is 13.8. The predicted molar refractivity (Wildman–Crippen MR) is 79.3 cm³/mol. The van der Waals surface area contributed by atoms with Crippen molar-refractivity contribution in [2.45, 2.75) is 31.6 Å². The van der Waals surface area contributed by atoms with Crippen LogP contribution in [0.3, 0.4) is 0 Å². The first-order valence-corrected chi connectivity index (χ1v) is 6.93. The summed E-state index contributed by atoms with van der Waals surface area (Å²) in [6, 6.07) is 9.88. The molecule has 0 aromatic heterocycles. The SMILES string of the molecule is COCCCCC(C)(C(=O)N(C)OC)c1ccccc1. The number of hydroxylamine groups is 2. The number of likely N-dealkylation sites (N-methyl/N-ethyl adjacent to an activating group) is 1. The van der Waals surface area contributed by atoms with Gasteiger partial charge in [-0.15, -0.1) is 0 Å². The van der Waals surface area contributed by atoms with E-state index in [1.54, 1.807) is 14.2 Å². The highest BCUT2D eigenvalue weighted by atomic mass is 16.7. The fourth-order valence-corrected chi connectivity index (χ4v) is 2.34. The number of rotatable bonds is 8. The molecular weight excluding hydrogens is 254 g/mol. The first-order chi connectivity index (χ1) is 9.56. The highest BCUT2D eigenvalue weighted by molar-refractivity contribution is 5.86. The van der Waals surface area contributed by atoms with Crippen LogP contribution in [0.5, 0.6) is 0 Å². The summed E-state index contributed by atoms with van der Waals surface area (Å²) in [4.78, 5) is 17.7. The molecule has 112 valence electrons. The van der Waals surface area contributed by atoms with Crippen molar-refractivity contribution >= 4 is 5.91 Å². The van der Waals surface area contributed by atoms with Gasteiger partial charge in [0.25, 0.3) is 5.91 Å². The third-order valence-electron chi connectivity index (χ3n) is 3.72. The molecule has 1 atom stereocenters. The molecule has 1 aromatic carbocycles. The van der Waals surface area contributed by atoms with Crippen LogP contribution in [0.4, 0.5) is 0 Å². The summed E-state index contributed by atoms with van der Waals surface area (Å²) in [5.41, 5.74) is 0.450. The monoisotopic (exact) mass is 279 g/mol. The first-order valence-electron chi connectivity index (χ1n) is 6.93. The molecule has 20 heavy (non-hydrogen) atoms. The van der Waals surface area contributed by atoms with Crippen LogP contribution in [0.2, 0.25) is 0 Å². The zero-order valence-corrected chi connectivity index (χ0v) is 12.9. The quantitative estimate of drug-likeness (QED) is 0.542. The van der Waals surface area contributed by atoms with Gasteiger partial charge in [0.1, 0.15) is 0 Å². The molecule has 0 radical (unpaired) electrons. The van der Waals surface area contributed by atoms with Gasteiger partial charge in [0, 0.05) is 20.8 Å². The molecule has 1 unspecified atom stereocenters. The summed E-state index contributed by atoms with van der Waals surface area (Å²) >= 11 is 0. The van der Waals surface area contributed by atoms with Gasteiger partial charge in [-0.05, 0) is 31.7 Å². The van der Waals surface area contributed by atoms with Crippen molar-refractivity contribution in [1.82, 2.24) is 5.06 Å². The molecule has 0 N–H and O–H groups in total. The van der Waals surface area contributed by atoms with Gasteiger partial charge in [-0.25, -0.2) is 5.06 Å². The second-order valence-corrected chi connectivity index (χ2v) is 5.13. The molecule has 4 heteroatoms. The number of hydrogen-bond donors (Lipinski definition) is 0. The van der Waals surface area contributed by atoms with Crippen LogP contribution in [0.15, 0.2) is 30.3 Å². The van der Waals surface area contributed by atoms with Gasteiger partial charge in [0.15, 0.2) is 0 Å². The highest BCUT2D eigenvalue weighted by Crippen LogP contribution is 2.31. The molecule has 4 nitrogen and oxygen atoms in total. The fourth-order valence-electron chi connectivity index (χ4n) is 2.34. The van der Waals surface area contributed by atoms with Crippen molar-refractivity contribution in [3.05, 3.63) is 35.9 Å². The molecule has 0 spiro atoms. The first kappa shape index (κ1) is 16.7. The van der Waals surface area contributed by atoms with E-state index in [1.807, 2.05) is 37.3 Å². The third-order valence-corrected chi connectivity index (χ3v) is 3.72. The van der Waals surface area contributed by atoms with Crippen LogP contribution in [0.25, 0.3) is 0 Å². The van der Waals surface area contributed by atoms with Crippen molar-refractivity contribution in [3.63, 3.8) is 0 Å². The number of ether oxygens (including phenoxy) is 1. The van der Waals surface area contributed by atoms with E-state index < -0.39 is 5.41 Å². The van der Waals surface area contributed by atoms with Crippen LogP contribution >= 0.6 is 0 Å². The fraction of sp³-hybridized carbons (Fsp3) is 0.562. The highest BCUT2D eigenvalue weighted by Gasteiger charge is 2.37. The van der Waals surface area contributed by atoms with Crippen LogP contribution in [0.1, 0.15) is 31.7 Å². The number of unbranched alkanes of at least 4 members (excludes halogenated alkanes) is 1. The van der Waals surface area contributed by atoms with Gasteiger partial charge in [0.05, 0.1) is 12.5 Å². The zero-order chi connectivity index (χ0) is 15.0. The Hall–Kier alpha value is -1.39.